The van der Waals surface area contributed by atoms with Crippen LogP contribution in [0.15, 0.2) is 30.3 Å². The molecule has 7 heteroatoms. The maximum Gasteiger partial charge on any atom is 0.346 e. The normalized spacial score (nSPS) is 12.1. The number of amides is 1. The van der Waals surface area contributed by atoms with Crippen molar-refractivity contribution in [2.45, 2.75) is 39.8 Å². The van der Waals surface area contributed by atoms with E-state index in [-0.39, 0.29) is 24.2 Å². The van der Waals surface area contributed by atoms with Crippen molar-refractivity contribution in [1.29, 1.82) is 0 Å². The average Bonchev–Trinajstić information content (AvgIpc) is 2.87. The number of carboxylic acid groups (broad SMARTS) is 1. The van der Waals surface area contributed by atoms with Crippen LogP contribution in [0.1, 0.15) is 41.6 Å². The Morgan fingerprint density at radius 3 is 2.35 bits per heavy atom. The zero-order chi connectivity index (χ0) is 19.4. The number of hydrogen-bond acceptors (Lipinski definition) is 3. The highest BCUT2D eigenvalue weighted by Gasteiger charge is 2.23. The summed E-state index contributed by atoms with van der Waals surface area (Å²) in [5, 5.41) is 11.9. The van der Waals surface area contributed by atoms with E-state index in [2.05, 4.69) is 5.32 Å². The summed E-state index contributed by atoms with van der Waals surface area (Å²) in [6.45, 7) is 7.61. The molecule has 1 amide bonds. The fourth-order valence-corrected chi connectivity index (χ4v) is 2.94. The lowest BCUT2D eigenvalue weighted by Crippen LogP contribution is -2.40. The third-order valence-electron chi connectivity index (χ3n) is 4.06. The molecule has 1 atom stereocenters. The van der Waals surface area contributed by atoms with Crippen LogP contribution in [0, 0.1) is 19.7 Å². The topological polar surface area (TPSA) is 80.6 Å². The largest absolute Gasteiger partial charge is 0.478 e. The van der Waals surface area contributed by atoms with E-state index in [1.807, 2.05) is 32.3 Å². The molecule has 0 spiro atoms. The van der Waals surface area contributed by atoms with Crippen molar-refractivity contribution in [3.05, 3.63) is 53.1 Å². The molecule has 1 unspecified atom stereocenters. The minimum Gasteiger partial charge on any atom is -0.478 e. The Kier molecular flexibility index (Phi) is 6.02. The van der Waals surface area contributed by atoms with Crippen LogP contribution in [0.2, 0.25) is 0 Å². The molecular weight excluding hydrogens is 339 g/mol. The Morgan fingerprint density at radius 1 is 1.23 bits per heavy atom. The summed E-state index contributed by atoms with van der Waals surface area (Å²) in [7, 11) is 0. The summed E-state index contributed by atoms with van der Waals surface area (Å²) in [6.07, 6.45) is -1.28. The molecule has 0 aliphatic carbocycles. The van der Waals surface area contributed by atoms with Gasteiger partial charge in [0, 0.05) is 17.4 Å². The summed E-state index contributed by atoms with van der Waals surface area (Å²) in [4.78, 5) is 23.8. The van der Waals surface area contributed by atoms with Gasteiger partial charge in [-0.15, -0.1) is 0 Å². The van der Waals surface area contributed by atoms with Crippen LogP contribution in [-0.2, 0) is 4.79 Å². The summed E-state index contributed by atoms with van der Waals surface area (Å²) >= 11 is 0. The van der Waals surface area contributed by atoms with Gasteiger partial charge in [0.05, 0.1) is 12.1 Å². The number of ether oxygens (including phenoxy) is 1. The minimum absolute atomic E-state index is 0.211. The van der Waals surface area contributed by atoms with Gasteiger partial charge in [0.2, 0.25) is 6.10 Å². The predicted octanol–water partition coefficient (Wildman–Crippen LogP) is 3.09. The summed E-state index contributed by atoms with van der Waals surface area (Å²) in [5.74, 6) is -1.81. The van der Waals surface area contributed by atoms with Crippen molar-refractivity contribution in [2.75, 3.05) is 6.54 Å². The number of halogens is 1. The molecule has 140 valence electrons. The second kappa shape index (κ2) is 8.03. The van der Waals surface area contributed by atoms with Crippen LogP contribution < -0.4 is 10.1 Å². The zero-order valence-electron chi connectivity index (χ0n) is 15.2. The zero-order valence-corrected chi connectivity index (χ0v) is 15.2. The Morgan fingerprint density at radius 2 is 1.85 bits per heavy atom. The first-order valence-electron chi connectivity index (χ1n) is 8.32. The van der Waals surface area contributed by atoms with Gasteiger partial charge in [-0.25, -0.2) is 9.18 Å². The lowest BCUT2D eigenvalue weighted by atomic mass is 10.2. The molecule has 2 N–H and O–H groups in total. The van der Waals surface area contributed by atoms with E-state index in [4.69, 9.17) is 4.74 Å². The number of hydrogen-bond donors (Lipinski definition) is 2. The number of aliphatic carboxylic acids is 1. The third-order valence-corrected chi connectivity index (χ3v) is 4.06. The lowest BCUT2D eigenvalue weighted by molar-refractivity contribution is -0.144. The molecule has 26 heavy (non-hydrogen) atoms. The Labute approximate surface area is 151 Å². The number of rotatable bonds is 7. The van der Waals surface area contributed by atoms with Gasteiger partial charge in [-0.3, -0.25) is 4.79 Å². The molecule has 1 heterocycles. The summed E-state index contributed by atoms with van der Waals surface area (Å²) in [6, 6.07) is 7.01. The predicted molar refractivity (Wildman–Crippen MR) is 95.1 cm³/mol. The molecule has 2 rings (SSSR count). The van der Waals surface area contributed by atoms with Gasteiger partial charge in [-0.2, -0.15) is 0 Å². The second-order valence-corrected chi connectivity index (χ2v) is 6.36. The highest BCUT2D eigenvalue weighted by atomic mass is 19.1. The fourth-order valence-electron chi connectivity index (χ4n) is 2.94. The SMILES string of the molecule is Cc1cc(C(=O)NCC(Oc2ccc(F)cc2)C(=O)O)c(C)n1C(C)C. The average molecular weight is 362 g/mol. The number of nitrogens with zero attached hydrogens (tertiary/aromatic N) is 1. The molecule has 0 aliphatic heterocycles. The number of nitrogens with one attached hydrogen (secondary N) is 1. The van der Waals surface area contributed by atoms with E-state index < -0.39 is 17.9 Å². The molecule has 1 aromatic heterocycles. The van der Waals surface area contributed by atoms with Crippen molar-refractivity contribution in [3.8, 4) is 5.75 Å². The van der Waals surface area contributed by atoms with Gasteiger partial charge >= 0.3 is 5.97 Å². The van der Waals surface area contributed by atoms with E-state index in [0.29, 0.717) is 5.56 Å². The smallest absolute Gasteiger partial charge is 0.346 e. The van der Waals surface area contributed by atoms with Crippen molar-refractivity contribution in [1.82, 2.24) is 9.88 Å². The maximum atomic E-state index is 12.9. The number of carbonyl (C=O) groups excluding carboxylic acids is 1. The van der Waals surface area contributed by atoms with Crippen LogP contribution in [0.4, 0.5) is 4.39 Å². The fraction of sp³-hybridized carbons (Fsp3) is 0.368. The van der Waals surface area contributed by atoms with Crippen molar-refractivity contribution in [2.24, 2.45) is 0 Å². The van der Waals surface area contributed by atoms with E-state index in [1.54, 1.807) is 6.07 Å². The number of aryl methyl sites for hydroxylation is 1. The standard InChI is InChI=1S/C19H23FN2O4/c1-11(2)22-12(3)9-16(13(22)4)18(23)21-10-17(19(24)25)26-15-7-5-14(20)6-8-15/h5-9,11,17H,10H2,1-4H3,(H,21,23)(H,24,25). The van der Waals surface area contributed by atoms with Crippen LogP contribution >= 0.6 is 0 Å². The molecule has 1 aromatic carbocycles. The van der Waals surface area contributed by atoms with Crippen molar-refractivity contribution < 1.29 is 23.8 Å². The van der Waals surface area contributed by atoms with Crippen molar-refractivity contribution >= 4 is 11.9 Å². The molecule has 0 saturated heterocycles. The van der Waals surface area contributed by atoms with Gasteiger partial charge in [0.25, 0.3) is 5.91 Å². The minimum atomic E-state index is -1.28. The number of benzene rings is 1. The number of aromatic nitrogens is 1. The van der Waals surface area contributed by atoms with Gasteiger partial charge in [0.1, 0.15) is 11.6 Å². The molecule has 0 saturated carbocycles. The molecule has 0 radical (unpaired) electrons. The highest BCUT2D eigenvalue weighted by Crippen LogP contribution is 2.20. The number of carbonyl (C=O) groups is 2. The maximum absolute atomic E-state index is 12.9. The van der Waals surface area contributed by atoms with E-state index >= 15 is 0 Å². The molecule has 6 nitrogen and oxygen atoms in total. The van der Waals surface area contributed by atoms with Gasteiger partial charge < -0.3 is 19.7 Å². The third kappa shape index (κ3) is 4.41. The summed E-state index contributed by atoms with van der Waals surface area (Å²) in [5.41, 5.74) is 2.28. The van der Waals surface area contributed by atoms with Gasteiger partial charge in [0.15, 0.2) is 0 Å². The Balaban J connectivity index is 2.07. The lowest BCUT2D eigenvalue weighted by Gasteiger charge is -2.16. The van der Waals surface area contributed by atoms with Crippen LogP contribution in [0.25, 0.3) is 0 Å². The first-order chi connectivity index (χ1) is 12.2. The molecular formula is C19H23FN2O4. The van der Waals surface area contributed by atoms with Gasteiger partial charge in [-0.05, 0) is 58.0 Å². The quantitative estimate of drug-likeness (QED) is 0.793. The molecule has 0 fully saturated rings. The van der Waals surface area contributed by atoms with Crippen molar-refractivity contribution in [3.63, 3.8) is 0 Å². The molecule has 0 aliphatic rings. The first-order valence-corrected chi connectivity index (χ1v) is 8.32. The van der Waals surface area contributed by atoms with E-state index in [1.165, 1.54) is 24.3 Å². The molecule has 0 bridgehead atoms. The van der Waals surface area contributed by atoms with Gasteiger partial charge in [-0.1, -0.05) is 0 Å². The first kappa shape index (κ1) is 19.5. The van der Waals surface area contributed by atoms with Crippen LogP contribution in [0.5, 0.6) is 5.75 Å². The second-order valence-electron chi connectivity index (χ2n) is 6.36. The number of carboxylic acids is 1. The van der Waals surface area contributed by atoms with E-state index in [9.17, 15) is 19.1 Å². The Bertz CT molecular complexity index is 797. The van der Waals surface area contributed by atoms with Crippen LogP contribution in [-0.4, -0.2) is 34.2 Å². The summed E-state index contributed by atoms with van der Waals surface area (Å²) < 4.78 is 20.3. The molecule has 2 aromatic rings. The van der Waals surface area contributed by atoms with E-state index in [0.717, 1.165) is 11.4 Å². The monoisotopic (exact) mass is 362 g/mol. The Hall–Kier alpha value is -2.83. The highest BCUT2D eigenvalue weighted by molar-refractivity contribution is 5.96. The van der Waals surface area contributed by atoms with Crippen LogP contribution in [0.3, 0.4) is 0 Å².